The fourth-order valence-corrected chi connectivity index (χ4v) is 2.09. The van der Waals surface area contributed by atoms with Crippen molar-refractivity contribution in [2.45, 2.75) is 97.7 Å². The van der Waals surface area contributed by atoms with Gasteiger partial charge in [0.05, 0.1) is 0 Å². The smallest absolute Gasteiger partial charge is 0.157 e. The molecular formula is C17H36O2. The van der Waals surface area contributed by atoms with E-state index >= 15 is 0 Å². The molecule has 0 aliphatic carbocycles. The molecule has 0 saturated carbocycles. The van der Waals surface area contributed by atoms with Crippen LogP contribution in [0, 0.1) is 0 Å². The molecule has 0 bridgehead atoms. The van der Waals surface area contributed by atoms with Gasteiger partial charge in [-0.15, -0.1) is 0 Å². The zero-order valence-electron chi connectivity index (χ0n) is 13.6. The first kappa shape index (κ1) is 18.9. The number of rotatable bonds is 15. The molecule has 0 N–H and O–H groups in total. The zero-order chi connectivity index (χ0) is 14.2. The normalized spacial score (nSPS) is 12.8. The predicted molar refractivity (Wildman–Crippen MR) is 83.5 cm³/mol. The SMILES string of the molecule is CCCCCCCCCCOC(CC)OCCCC. The average Bonchev–Trinajstić information content (AvgIpc) is 2.43. The van der Waals surface area contributed by atoms with E-state index < -0.39 is 0 Å². The van der Waals surface area contributed by atoms with Gasteiger partial charge in [-0.05, 0) is 19.3 Å². The predicted octanol–water partition coefficient (Wildman–Crippen LogP) is 5.70. The van der Waals surface area contributed by atoms with Crippen molar-refractivity contribution < 1.29 is 9.47 Å². The summed E-state index contributed by atoms with van der Waals surface area (Å²) in [5, 5.41) is 0. The Morgan fingerprint density at radius 2 is 1.05 bits per heavy atom. The van der Waals surface area contributed by atoms with Gasteiger partial charge in [0.15, 0.2) is 6.29 Å². The second kappa shape index (κ2) is 16.0. The number of hydrogen-bond acceptors (Lipinski definition) is 2. The van der Waals surface area contributed by atoms with E-state index in [-0.39, 0.29) is 6.29 Å². The molecule has 0 radical (unpaired) electrons. The van der Waals surface area contributed by atoms with Crippen LogP contribution in [-0.2, 0) is 9.47 Å². The lowest BCUT2D eigenvalue weighted by molar-refractivity contribution is -0.144. The van der Waals surface area contributed by atoms with Crippen LogP contribution in [0.5, 0.6) is 0 Å². The van der Waals surface area contributed by atoms with Gasteiger partial charge in [-0.3, -0.25) is 0 Å². The second-order valence-electron chi connectivity index (χ2n) is 5.41. The maximum absolute atomic E-state index is 5.76. The lowest BCUT2D eigenvalue weighted by Crippen LogP contribution is -2.17. The van der Waals surface area contributed by atoms with Crippen LogP contribution in [0.3, 0.4) is 0 Å². The van der Waals surface area contributed by atoms with Gasteiger partial charge < -0.3 is 9.47 Å². The summed E-state index contributed by atoms with van der Waals surface area (Å²) in [6, 6.07) is 0. The van der Waals surface area contributed by atoms with Crippen molar-refractivity contribution in [1.82, 2.24) is 0 Å². The molecule has 0 aromatic heterocycles. The Kier molecular flexibility index (Phi) is 15.9. The first-order chi connectivity index (χ1) is 9.35. The van der Waals surface area contributed by atoms with Crippen molar-refractivity contribution in [2.24, 2.45) is 0 Å². The van der Waals surface area contributed by atoms with Crippen LogP contribution in [0.4, 0.5) is 0 Å². The van der Waals surface area contributed by atoms with Crippen LogP contribution in [0.25, 0.3) is 0 Å². The third-order valence-electron chi connectivity index (χ3n) is 3.44. The van der Waals surface area contributed by atoms with Gasteiger partial charge in [-0.1, -0.05) is 72.1 Å². The van der Waals surface area contributed by atoms with Gasteiger partial charge >= 0.3 is 0 Å². The van der Waals surface area contributed by atoms with E-state index in [1.807, 2.05) is 0 Å². The summed E-state index contributed by atoms with van der Waals surface area (Å²) in [5.74, 6) is 0. The monoisotopic (exact) mass is 272 g/mol. The van der Waals surface area contributed by atoms with Gasteiger partial charge in [0.1, 0.15) is 0 Å². The molecule has 2 heteroatoms. The molecule has 0 aliphatic heterocycles. The molecule has 0 aromatic carbocycles. The lowest BCUT2D eigenvalue weighted by Gasteiger charge is -2.16. The summed E-state index contributed by atoms with van der Waals surface area (Å²) in [4.78, 5) is 0. The fourth-order valence-electron chi connectivity index (χ4n) is 2.09. The van der Waals surface area contributed by atoms with E-state index in [0.717, 1.165) is 26.1 Å². The van der Waals surface area contributed by atoms with Crippen molar-refractivity contribution in [3.05, 3.63) is 0 Å². The van der Waals surface area contributed by atoms with E-state index in [2.05, 4.69) is 20.8 Å². The summed E-state index contributed by atoms with van der Waals surface area (Å²) < 4.78 is 11.4. The standard InChI is InChI=1S/C17H36O2/c1-4-7-9-10-11-12-13-14-16-19-17(6-3)18-15-8-5-2/h17H,4-16H2,1-3H3. The summed E-state index contributed by atoms with van der Waals surface area (Å²) >= 11 is 0. The Balaban J connectivity index is 3.21. The van der Waals surface area contributed by atoms with Gasteiger partial charge in [-0.25, -0.2) is 0 Å². The highest BCUT2D eigenvalue weighted by Gasteiger charge is 2.05. The molecule has 0 spiro atoms. The molecule has 0 saturated heterocycles. The minimum Gasteiger partial charge on any atom is -0.353 e. The van der Waals surface area contributed by atoms with Crippen LogP contribution in [0.1, 0.15) is 91.4 Å². The first-order valence-corrected chi connectivity index (χ1v) is 8.58. The maximum atomic E-state index is 5.76. The van der Waals surface area contributed by atoms with E-state index in [4.69, 9.17) is 9.47 Å². The van der Waals surface area contributed by atoms with Gasteiger partial charge in [-0.2, -0.15) is 0 Å². The topological polar surface area (TPSA) is 18.5 Å². The summed E-state index contributed by atoms with van der Waals surface area (Å²) in [5.41, 5.74) is 0. The second-order valence-corrected chi connectivity index (χ2v) is 5.41. The van der Waals surface area contributed by atoms with Crippen molar-refractivity contribution in [3.63, 3.8) is 0 Å². The average molecular weight is 272 g/mol. The quantitative estimate of drug-likeness (QED) is 0.281. The molecule has 1 unspecified atom stereocenters. The van der Waals surface area contributed by atoms with Crippen LogP contribution >= 0.6 is 0 Å². The molecule has 0 amide bonds. The first-order valence-electron chi connectivity index (χ1n) is 8.58. The highest BCUT2D eigenvalue weighted by atomic mass is 16.7. The Bertz CT molecular complexity index is 159. The van der Waals surface area contributed by atoms with Crippen molar-refractivity contribution in [2.75, 3.05) is 13.2 Å². The van der Waals surface area contributed by atoms with Crippen LogP contribution < -0.4 is 0 Å². The maximum Gasteiger partial charge on any atom is 0.157 e. The molecule has 0 aromatic rings. The minimum atomic E-state index is 0.0242. The van der Waals surface area contributed by atoms with Crippen LogP contribution in [-0.4, -0.2) is 19.5 Å². The Morgan fingerprint density at radius 1 is 0.579 bits per heavy atom. The lowest BCUT2D eigenvalue weighted by atomic mass is 10.1. The van der Waals surface area contributed by atoms with Crippen molar-refractivity contribution >= 4 is 0 Å². The summed E-state index contributed by atoms with van der Waals surface area (Å²) in [6.45, 7) is 8.28. The molecule has 0 aliphatic rings. The third kappa shape index (κ3) is 14.1. The van der Waals surface area contributed by atoms with Gasteiger partial charge in [0, 0.05) is 13.2 Å². The molecule has 0 heterocycles. The number of ether oxygens (including phenoxy) is 2. The largest absolute Gasteiger partial charge is 0.353 e. The van der Waals surface area contributed by atoms with Crippen molar-refractivity contribution in [1.29, 1.82) is 0 Å². The number of hydrogen-bond donors (Lipinski definition) is 0. The highest BCUT2D eigenvalue weighted by molar-refractivity contribution is 4.47. The molecular weight excluding hydrogens is 236 g/mol. The van der Waals surface area contributed by atoms with E-state index in [1.54, 1.807) is 0 Å². The Hall–Kier alpha value is -0.0800. The highest BCUT2D eigenvalue weighted by Crippen LogP contribution is 2.09. The molecule has 19 heavy (non-hydrogen) atoms. The number of unbranched alkanes of at least 4 members (excludes halogenated alkanes) is 8. The van der Waals surface area contributed by atoms with Crippen LogP contribution in [0.15, 0.2) is 0 Å². The minimum absolute atomic E-state index is 0.0242. The zero-order valence-corrected chi connectivity index (χ0v) is 13.6. The molecule has 0 fully saturated rings. The summed E-state index contributed by atoms with van der Waals surface area (Å²) in [6.07, 6.45) is 14.1. The molecule has 116 valence electrons. The summed E-state index contributed by atoms with van der Waals surface area (Å²) in [7, 11) is 0. The van der Waals surface area contributed by atoms with E-state index in [1.165, 1.54) is 57.8 Å². The molecule has 0 rings (SSSR count). The Morgan fingerprint density at radius 3 is 1.58 bits per heavy atom. The fraction of sp³-hybridized carbons (Fsp3) is 1.00. The molecule has 2 nitrogen and oxygen atoms in total. The third-order valence-corrected chi connectivity index (χ3v) is 3.44. The van der Waals surface area contributed by atoms with Crippen molar-refractivity contribution in [3.8, 4) is 0 Å². The molecule has 1 atom stereocenters. The van der Waals surface area contributed by atoms with E-state index in [0.29, 0.717) is 0 Å². The van der Waals surface area contributed by atoms with Gasteiger partial charge in [0.25, 0.3) is 0 Å². The van der Waals surface area contributed by atoms with E-state index in [9.17, 15) is 0 Å². The van der Waals surface area contributed by atoms with Crippen LogP contribution in [0.2, 0.25) is 0 Å². The van der Waals surface area contributed by atoms with Gasteiger partial charge in [0.2, 0.25) is 0 Å². The Labute approximate surface area is 121 Å².